The maximum Gasteiger partial charge on any atom is 0.337 e. The monoisotopic (exact) mass is 407 g/mol. The maximum atomic E-state index is 12.5. The summed E-state index contributed by atoms with van der Waals surface area (Å²) in [7, 11) is 2.58. The summed E-state index contributed by atoms with van der Waals surface area (Å²) in [6.45, 7) is 5.48. The zero-order valence-corrected chi connectivity index (χ0v) is 17.0. The first kappa shape index (κ1) is 22.0. The van der Waals surface area contributed by atoms with Gasteiger partial charge < -0.3 is 24.8 Å². The Labute approximate surface area is 168 Å². The molecule has 158 valence electrons. The third kappa shape index (κ3) is 4.76. The van der Waals surface area contributed by atoms with Gasteiger partial charge in [0.05, 0.1) is 48.5 Å². The number of hydrogen-bond donors (Lipinski definition) is 2. The number of nitrogens with one attached hydrogen (secondary N) is 2. The first-order valence-electron chi connectivity index (χ1n) is 9.15. The molecule has 2 rings (SSSR count). The summed E-state index contributed by atoms with van der Waals surface area (Å²) >= 11 is 0. The number of hydrogen-bond acceptors (Lipinski definition) is 7. The highest BCUT2D eigenvalue weighted by molar-refractivity contribution is 5.95. The topological polar surface area (TPSA) is 129 Å². The summed E-state index contributed by atoms with van der Waals surface area (Å²) in [5.74, 6) is -0.258. The largest absolute Gasteiger partial charge is 0.493 e. The average molecular weight is 407 g/mol. The van der Waals surface area contributed by atoms with E-state index in [0.717, 1.165) is 0 Å². The predicted octanol–water partition coefficient (Wildman–Crippen LogP) is 2.97. The van der Waals surface area contributed by atoms with Gasteiger partial charge in [0.1, 0.15) is 0 Å². The van der Waals surface area contributed by atoms with E-state index in [1.54, 1.807) is 13.8 Å². The van der Waals surface area contributed by atoms with Crippen LogP contribution in [0.2, 0.25) is 0 Å². The summed E-state index contributed by atoms with van der Waals surface area (Å²) in [6.07, 6.45) is 0.815. The minimum Gasteiger partial charge on any atom is -0.493 e. The molecule has 0 bridgehead atoms. The Morgan fingerprint density at radius 3 is 2.48 bits per heavy atom. The second-order valence-corrected chi connectivity index (χ2v) is 6.65. The third-order valence-corrected chi connectivity index (χ3v) is 4.24. The fraction of sp³-hybridized carbons (Fsp3) is 0.474. The number of rotatable bonds is 8. The van der Waals surface area contributed by atoms with Crippen molar-refractivity contribution in [3.63, 3.8) is 0 Å². The lowest BCUT2D eigenvalue weighted by Crippen LogP contribution is -2.46. The number of methoxy groups -OCH3 is 2. The van der Waals surface area contributed by atoms with Crippen LogP contribution in [-0.4, -0.2) is 37.2 Å². The number of nitro groups is 1. The van der Waals surface area contributed by atoms with Crippen molar-refractivity contribution in [3.8, 4) is 11.5 Å². The first-order chi connectivity index (χ1) is 13.7. The van der Waals surface area contributed by atoms with Gasteiger partial charge in [0.2, 0.25) is 0 Å². The van der Waals surface area contributed by atoms with E-state index in [4.69, 9.17) is 14.2 Å². The van der Waals surface area contributed by atoms with Gasteiger partial charge in [-0.2, -0.15) is 0 Å². The molecule has 0 fully saturated rings. The van der Waals surface area contributed by atoms with E-state index < -0.39 is 23.0 Å². The van der Waals surface area contributed by atoms with Crippen molar-refractivity contribution < 1.29 is 28.7 Å². The summed E-state index contributed by atoms with van der Waals surface area (Å²) < 4.78 is 15.8. The molecule has 0 aliphatic carbocycles. The Balaban J connectivity index is 2.76. The molecule has 10 heteroatoms. The number of nitro benzene ring substituents is 1. The highest BCUT2D eigenvalue weighted by Crippen LogP contribution is 2.41. The molecule has 1 aliphatic heterocycles. The van der Waals surface area contributed by atoms with Gasteiger partial charge in [-0.15, -0.1) is 0 Å². The van der Waals surface area contributed by atoms with Gasteiger partial charge in [-0.3, -0.25) is 10.1 Å². The zero-order valence-electron chi connectivity index (χ0n) is 17.0. The van der Waals surface area contributed by atoms with Gasteiger partial charge in [0.25, 0.3) is 5.69 Å². The van der Waals surface area contributed by atoms with Gasteiger partial charge >= 0.3 is 12.0 Å². The maximum absolute atomic E-state index is 12.5. The standard InChI is InChI=1S/C19H25N3O7/c1-6-7-12-16(18(23)28-5)17(21-19(24)20-12)11-8-15(29-10(2)3)14(27-4)9-13(11)22(25)26/h8-10,17H,6-7H2,1-5H3,(H2,20,21,24). The van der Waals surface area contributed by atoms with Crippen molar-refractivity contribution in [2.45, 2.75) is 45.8 Å². The molecule has 1 aromatic rings. The number of allylic oxidation sites excluding steroid dienone is 1. The predicted molar refractivity (Wildman–Crippen MR) is 104 cm³/mol. The fourth-order valence-corrected chi connectivity index (χ4v) is 3.11. The minimum absolute atomic E-state index is 0.0929. The Kier molecular flexibility index (Phi) is 7.03. The Morgan fingerprint density at radius 2 is 1.97 bits per heavy atom. The van der Waals surface area contributed by atoms with Crippen LogP contribution in [0.25, 0.3) is 0 Å². The molecule has 10 nitrogen and oxygen atoms in total. The van der Waals surface area contributed by atoms with E-state index >= 15 is 0 Å². The van der Waals surface area contributed by atoms with Crippen LogP contribution in [0.4, 0.5) is 10.5 Å². The van der Waals surface area contributed by atoms with Gasteiger partial charge in [-0.25, -0.2) is 9.59 Å². The van der Waals surface area contributed by atoms with E-state index in [1.165, 1.54) is 26.4 Å². The quantitative estimate of drug-likeness (QED) is 0.385. The number of ether oxygens (including phenoxy) is 3. The van der Waals surface area contributed by atoms with E-state index in [9.17, 15) is 19.7 Å². The van der Waals surface area contributed by atoms with E-state index in [0.29, 0.717) is 18.5 Å². The Hall–Kier alpha value is -3.30. The van der Waals surface area contributed by atoms with Crippen LogP contribution >= 0.6 is 0 Å². The number of carbonyl (C=O) groups excluding carboxylic acids is 2. The van der Waals surface area contributed by atoms with Crippen LogP contribution in [0.3, 0.4) is 0 Å². The minimum atomic E-state index is -1.08. The number of nitrogens with zero attached hydrogens (tertiary/aromatic N) is 1. The van der Waals surface area contributed by atoms with Crippen molar-refractivity contribution >= 4 is 17.7 Å². The van der Waals surface area contributed by atoms with Gasteiger partial charge in [-0.05, 0) is 26.3 Å². The number of benzene rings is 1. The van der Waals surface area contributed by atoms with Crippen molar-refractivity contribution in [1.29, 1.82) is 0 Å². The Bertz CT molecular complexity index is 848. The summed E-state index contributed by atoms with van der Waals surface area (Å²) in [4.78, 5) is 35.9. The molecule has 1 aromatic carbocycles. The smallest absolute Gasteiger partial charge is 0.337 e. The molecule has 0 saturated carbocycles. The van der Waals surface area contributed by atoms with E-state index in [2.05, 4.69) is 10.6 Å². The van der Waals surface area contributed by atoms with Crippen molar-refractivity contribution in [2.24, 2.45) is 0 Å². The molecular formula is C19H25N3O7. The van der Waals surface area contributed by atoms with Crippen LogP contribution < -0.4 is 20.1 Å². The van der Waals surface area contributed by atoms with Gasteiger partial charge in [0, 0.05) is 5.70 Å². The molecule has 2 amide bonds. The van der Waals surface area contributed by atoms with Gasteiger partial charge in [0.15, 0.2) is 11.5 Å². The van der Waals surface area contributed by atoms with E-state index in [-0.39, 0.29) is 34.4 Å². The van der Waals surface area contributed by atoms with Crippen LogP contribution in [-0.2, 0) is 9.53 Å². The highest BCUT2D eigenvalue weighted by Gasteiger charge is 2.37. The molecule has 0 aromatic heterocycles. The summed E-state index contributed by atoms with van der Waals surface area (Å²) in [5.41, 5.74) is 0.250. The Morgan fingerprint density at radius 1 is 1.28 bits per heavy atom. The molecule has 1 atom stereocenters. The molecule has 0 saturated heterocycles. The zero-order chi connectivity index (χ0) is 21.7. The summed E-state index contributed by atoms with van der Waals surface area (Å²) in [5, 5.41) is 16.9. The molecule has 1 unspecified atom stereocenters. The molecule has 0 radical (unpaired) electrons. The van der Waals surface area contributed by atoms with Crippen LogP contribution in [0.15, 0.2) is 23.4 Å². The molecule has 0 spiro atoms. The molecule has 29 heavy (non-hydrogen) atoms. The first-order valence-corrected chi connectivity index (χ1v) is 9.15. The number of carbonyl (C=O) groups is 2. The van der Waals surface area contributed by atoms with Gasteiger partial charge in [-0.1, -0.05) is 13.3 Å². The van der Waals surface area contributed by atoms with Crippen molar-refractivity contribution in [1.82, 2.24) is 10.6 Å². The molecule has 2 N–H and O–H groups in total. The second kappa shape index (κ2) is 9.26. The third-order valence-electron chi connectivity index (χ3n) is 4.24. The lowest BCUT2D eigenvalue weighted by Gasteiger charge is -2.29. The van der Waals surface area contributed by atoms with Crippen LogP contribution in [0, 0.1) is 10.1 Å². The summed E-state index contributed by atoms with van der Waals surface area (Å²) in [6, 6.07) is 0.983. The normalized spacial score (nSPS) is 16.2. The molecular weight excluding hydrogens is 382 g/mol. The number of amides is 2. The van der Waals surface area contributed by atoms with E-state index in [1.807, 2.05) is 6.92 Å². The second-order valence-electron chi connectivity index (χ2n) is 6.65. The van der Waals surface area contributed by atoms with Crippen LogP contribution in [0.5, 0.6) is 11.5 Å². The van der Waals surface area contributed by atoms with Crippen molar-refractivity contribution in [3.05, 3.63) is 39.1 Å². The SMILES string of the molecule is CCCC1=C(C(=O)OC)C(c2cc(OC(C)C)c(OC)cc2[N+](=O)[O-])NC(=O)N1. The number of urea groups is 1. The highest BCUT2D eigenvalue weighted by atomic mass is 16.6. The molecule has 1 heterocycles. The van der Waals surface area contributed by atoms with Crippen LogP contribution in [0.1, 0.15) is 45.2 Å². The lowest BCUT2D eigenvalue weighted by atomic mass is 9.92. The lowest BCUT2D eigenvalue weighted by molar-refractivity contribution is -0.385. The fourth-order valence-electron chi connectivity index (χ4n) is 3.11. The van der Waals surface area contributed by atoms with Crippen molar-refractivity contribution in [2.75, 3.05) is 14.2 Å². The molecule has 1 aliphatic rings. The average Bonchev–Trinajstić information content (AvgIpc) is 2.66. The number of esters is 1.